The maximum atomic E-state index is 3.77. The number of rotatable bonds is 3. The minimum atomic E-state index is 0.717. The number of hydrogen-bond acceptors (Lipinski definition) is 1. The number of nitrogens with one attached hydrogen (secondary N) is 1. The smallest absolute Gasteiger partial charge is 0.0208 e. The summed E-state index contributed by atoms with van der Waals surface area (Å²) in [6, 6.07) is 7.54. The standard InChI is InChI=1S/C17H27N/c1-13-9-10-16(11-15(13)3)12-18-17-8-6-4-5-7-14(17)2/h9-11,14,17-18H,4-8,12H2,1-3H3. The predicted octanol–water partition coefficient (Wildman–Crippen LogP) is 4.36. The molecule has 100 valence electrons. The molecule has 0 spiro atoms. The summed E-state index contributed by atoms with van der Waals surface area (Å²) < 4.78 is 0. The average molecular weight is 245 g/mol. The van der Waals surface area contributed by atoms with Crippen LogP contribution in [0.15, 0.2) is 18.2 Å². The van der Waals surface area contributed by atoms with Crippen LogP contribution in [-0.2, 0) is 6.54 Å². The second kappa shape index (κ2) is 6.38. The molecular weight excluding hydrogens is 218 g/mol. The van der Waals surface area contributed by atoms with Gasteiger partial charge in [0.1, 0.15) is 0 Å². The van der Waals surface area contributed by atoms with Crippen molar-refractivity contribution in [1.82, 2.24) is 5.32 Å². The van der Waals surface area contributed by atoms with E-state index in [0.717, 1.165) is 12.5 Å². The molecule has 18 heavy (non-hydrogen) atoms. The van der Waals surface area contributed by atoms with E-state index in [1.165, 1.54) is 48.8 Å². The van der Waals surface area contributed by atoms with Crippen LogP contribution in [0.3, 0.4) is 0 Å². The van der Waals surface area contributed by atoms with Crippen LogP contribution < -0.4 is 5.32 Å². The van der Waals surface area contributed by atoms with Crippen LogP contribution in [0.1, 0.15) is 55.7 Å². The van der Waals surface area contributed by atoms with Gasteiger partial charge in [-0.05, 0) is 49.3 Å². The van der Waals surface area contributed by atoms with Gasteiger partial charge in [0.05, 0.1) is 0 Å². The fourth-order valence-electron chi connectivity index (χ4n) is 2.96. The van der Waals surface area contributed by atoms with Gasteiger partial charge in [0.15, 0.2) is 0 Å². The molecule has 0 aliphatic heterocycles. The highest BCUT2D eigenvalue weighted by atomic mass is 14.9. The average Bonchev–Trinajstić information content (AvgIpc) is 2.56. The van der Waals surface area contributed by atoms with Gasteiger partial charge in [-0.25, -0.2) is 0 Å². The Hall–Kier alpha value is -0.820. The Morgan fingerprint density at radius 2 is 1.83 bits per heavy atom. The molecule has 2 unspecified atom stereocenters. The molecule has 2 rings (SSSR count). The predicted molar refractivity (Wildman–Crippen MR) is 78.8 cm³/mol. The normalized spacial score (nSPS) is 24.8. The zero-order valence-corrected chi connectivity index (χ0v) is 12.1. The lowest BCUT2D eigenvalue weighted by atomic mass is 9.96. The zero-order valence-electron chi connectivity index (χ0n) is 12.1. The first kappa shape index (κ1) is 13.6. The van der Waals surface area contributed by atoms with Crippen LogP contribution in [0.25, 0.3) is 0 Å². The molecule has 1 fully saturated rings. The second-order valence-corrected chi connectivity index (χ2v) is 6.02. The molecular formula is C17H27N. The molecule has 1 nitrogen and oxygen atoms in total. The molecule has 1 heteroatoms. The van der Waals surface area contributed by atoms with Gasteiger partial charge < -0.3 is 5.32 Å². The van der Waals surface area contributed by atoms with E-state index in [-0.39, 0.29) is 0 Å². The van der Waals surface area contributed by atoms with Crippen LogP contribution in [0, 0.1) is 19.8 Å². The fraction of sp³-hybridized carbons (Fsp3) is 0.647. The van der Waals surface area contributed by atoms with Gasteiger partial charge in [-0.3, -0.25) is 0 Å². The molecule has 1 aromatic carbocycles. The lowest BCUT2D eigenvalue weighted by Gasteiger charge is -2.23. The van der Waals surface area contributed by atoms with E-state index in [1.54, 1.807) is 0 Å². The maximum Gasteiger partial charge on any atom is 0.0208 e. The van der Waals surface area contributed by atoms with E-state index >= 15 is 0 Å². The van der Waals surface area contributed by atoms with Gasteiger partial charge >= 0.3 is 0 Å². The highest BCUT2D eigenvalue weighted by Gasteiger charge is 2.18. The monoisotopic (exact) mass is 245 g/mol. The second-order valence-electron chi connectivity index (χ2n) is 6.02. The highest BCUT2D eigenvalue weighted by molar-refractivity contribution is 5.29. The Balaban J connectivity index is 1.91. The molecule has 1 aliphatic carbocycles. The first-order chi connectivity index (χ1) is 8.66. The summed E-state index contributed by atoms with van der Waals surface area (Å²) in [6.07, 6.45) is 6.99. The van der Waals surface area contributed by atoms with E-state index in [9.17, 15) is 0 Å². The molecule has 0 amide bonds. The van der Waals surface area contributed by atoms with Gasteiger partial charge in [-0.2, -0.15) is 0 Å². The minimum Gasteiger partial charge on any atom is -0.310 e. The summed E-state index contributed by atoms with van der Waals surface area (Å²) in [5, 5.41) is 3.77. The lowest BCUT2D eigenvalue weighted by Crippen LogP contribution is -2.33. The summed E-state index contributed by atoms with van der Waals surface area (Å²) >= 11 is 0. The molecule has 0 bridgehead atoms. The van der Waals surface area contributed by atoms with Gasteiger partial charge in [0, 0.05) is 12.6 Å². The van der Waals surface area contributed by atoms with E-state index < -0.39 is 0 Å². The number of benzene rings is 1. The van der Waals surface area contributed by atoms with Crippen molar-refractivity contribution in [3.8, 4) is 0 Å². The first-order valence-electron chi connectivity index (χ1n) is 7.46. The molecule has 1 aliphatic rings. The van der Waals surface area contributed by atoms with Crippen molar-refractivity contribution in [3.63, 3.8) is 0 Å². The Morgan fingerprint density at radius 1 is 1.06 bits per heavy atom. The number of aryl methyl sites for hydroxylation is 2. The Labute approximate surface area is 112 Å². The van der Waals surface area contributed by atoms with Crippen molar-refractivity contribution in [2.45, 2.75) is 65.5 Å². The van der Waals surface area contributed by atoms with Crippen molar-refractivity contribution < 1.29 is 0 Å². The van der Waals surface area contributed by atoms with Gasteiger partial charge in [-0.15, -0.1) is 0 Å². The van der Waals surface area contributed by atoms with Gasteiger partial charge in [-0.1, -0.05) is 44.4 Å². The minimum absolute atomic E-state index is 0.717. The van der Waals surface area contributed by atoms with E-state index in [2.05, 4.69) is 44.3 Å². The Kier molecular flexibility index (Phi) is 4.82. The molecule has 0 aromatic heterocycles. The van der Waals surface area contributed by atoms with E-state index in [4.69, 9.17) is 0 Å². The van der Waals surface area contributed by atoms with Crippen LogP contribution in [0.4, 0.5) is 0 Å². The summed E-state index contributed by atoms with van der Waals surface area (Å²) in [5.41, 5.74) is 4.22. The third kappa shape index (κ3) is 3.58. The molecule has 1 N–H and O–H groups in total. The fourth-order valence-corrected chi connectivity index (χ4v) is 2.96. The molecule has 1 saturated carbocycles. The highest BCUT2D eigenvalue weighted by Crippen LogP contribution is 2.23. The summed E-state index contributed by atoms with van der Waals surface area (Å²) in [7, 11) is 0. The van der Waals surface area contributed by atoms with Crippen LogP contribution >= 0.6 is 0 Å². The SMILES string of the molecule is Cc1ccc(CNC2CCCCCC2C)cc1C. The largest absolute Gasteiger partial charge is 0.310 e. The molecule has 0 heterocycles. The third-order valence-corrected chi connectivity index (χ3v) is 4.50. The van der Waals surface area contributed by atoms with Crippen molar-refractivity contribution >= 4 is 0 Å². The van der Waals surface area contributed by atoms with Crippen molar-refractivity contribution in [2.24, 2.45) is 5.92 Å². The Bertz CT molecular complexity index is 383. The molecule has 1 aromatic rings. The van der Waals surface area contributed by atoms with E-state index in [1.807, 2.05) is 0 Å². The molecule has 0 saturated heterocycles. The van der Waals surface area contributed by atoms with Crippen molar-refractivity contribution in [1.29, 1.82) is 0 Å². The van der Waals surface area contributed by atoms with Crippen molar-refractivity contribution in [2.75, 3.05) is 0 Å². The lowest BCUT2D eigenvalue weighted by molar-refractivity contribution is 0.356. The van der Waals surface area contributed by atoms with Crippen LogP contribution in [0.2, 0.25) is 0 Å². The van der Waals surface area contributed by atoms with Crippen LogP contribution in [0.5, 0.6) is 0 Å². The van der Waals surface area contributed by atoms with E-state index in [0.29, 0.717) is 6.04 Å². The number of hydrogen-bond donors (Lipinski definition) is 1. The molecule has 0 radical (unpaired) electrons. The Morgan fingerprint density at radius 3 is 2.61 bits per heavy atom. The van der Waals surface area contributed by atoms with Gasteiger partial charge in [0.25, 0.3) is 0 Å². The maximum absolute atomic E-state index is 3.77. The van der Waals surface area contributed by atoms with Crippen LogP contribution in [-0.4, -0.2) is 6.04 Å². The van der Waals surface area contributed by atoms with Gasteiger partial charge in [0.2, 0.25) is 0 Å². The summed E-state index contributed by atoms with van der Waals surface area (Å²) in [6.45, 7) is 7.81. The topological polar surface area (TPSA) is 12.0 Å². The molecule has 2 atom stereocenters. The zero-order chi connectivity index (χ0) is 13.0. The third-order valence-electron chi connectivity index (χ3n) is 4.50. The summed E-state index contributed by atoms with van der Waals surface area (Å²) in [5.74, 6) is 0.832. The summed E-state index contributed by atoms with van der Waals surface area (Å²) in [4.78, 5) is 0. The van der Waals surface area contributed by atoms with Crippen molar-refractivity contribution in [3.05, 3.63) is 34.9 Å². The quantitative estimate of drug-likeness (QED) is 0.780. The first-order valence-corrected chi connectivity index (χ1v) is 7.46.